The van der Waals surface area contributed by atoms with Crippen molar-refractivity contribution in [3.63, 3.8) is 0 Å². The predicted octanol–water partition coefficient (Wildman–Crippen LogP) is 4.79. The lowest BCUT2D eigenvalue weighted by Crippen LogP contribution is -2.46. The van der Waals surface area contributed by atoms with Crippen LogP contribution in [0, 0.1) is 17.8 Å². The van der Waals surface area contributed by atoms with Gasteiger partial charge in [0.2, 0.25) is 0 Å². The number of pyridine rings is 1. The van der Waals surface area contributed by atoms with E-state index in [0.29, 0.717) is 34.9 Å². The van der Waals surface area contributed by atoms with E-state index in [4.69, 9.17) is 4.74 Å². The number of carboxylic acid groups (broad SMARTS) is 1. The van der Waals surface area contributed by atoms with Crippen molar-refractivity contribution in [2.24, 2.45) is 17.8 Å². The van der Waals surface area contributed by atoms with Gasteiger partial charge in [0, 0.05) is 43.6 Å². The Morgan fingerprint density at radius 1 is 1.28 bits per heavy atom. The van der Waals surface area contributed by atoms with Crippen LogP contribution in [-0.4, -0.2) is 50.9 Å². The fraction of sp³-hybridized carbons (Fsp3) is 0.552. The summed E-state index contributed by atoms with van der Waals surface area (Å²) in [5.41, 5.74) is 0.335. The first-order valence-corrected chi connectivity index (χ1v) is 13.8. The van der Waals surface area contributed by atoms with Gasteiger partial charge in [-0.15, -0.1) is 0 Å². The average molecular weight is 545 g/mol. The van der Waals surface area contributed by atoms with Gasteiger partial charge >= 0.3 is 12.1 Å². The zero-order valence-corrected chi connectivity index (χ0v) is 22.3. The van der Waals surface area contributed by atoms with E-state index in [1.54, 1.807) is 6.20 Å². The molecule has 10 heteroatoms. The van der Waals surface area contributed by atoms with Crippen LogP contribution in [0.25, 0.3) is 23.5 Å². The molecule has 0 saturated carbocycles. The Labute approximate surface area is 225 Å². The third kappa shape index (κ3) is 5.70. The van der Waals surface area contributed by atoms with Crippen LogP contribution in [0.5, 0.6) is 0 Å². The second-order valence-corrected chi connectivity index (χ2v) is 11.0. The summed E-state index contributed by atoms with van der Waals surface area (Å²) >= 11 is 0. The van der Waals surface area contributed by atoms with E-state index in [-0.39, 0.29) is 17.9 Å². The first-order valence-electron chi connectivity index (χ1n) is 13.8. The second kappa shape index (κ2) is 10.7. The number of nitrogens with zero attached hydrogens (tertiary/aromatic N) is 3. The molecule has 3 aliphatic rings. The van der Waals surface area contributed by atoms with Crippen LogP contribution in [0.1, 0.15) is 58.8 Å². The topological polar surface area (TPSA) is 91.3 Å². The highest BCUT2D eigenvalue weighted by Crippen LogP contribution is 2.43. The van der Waals surface area contributed by atoms with Crippen LogP contribution < -0.4 is 15.6 Å². The number of imidazole rings is 1. The lowest BCUT2D eigenvalue weighted by atomic mass is 9.83. The monoisotopic (exact) mass is 544 g/mol. The number of hydrogen-bond donors (Lipinski definition) is 2. The van der Waals surface area contributed by atoms with Crippen molar-refractivity contribution in [1.82, 2.24) is 15.0 Å². The quantitative estimate of drug-likeness (QED) is 0.563. The van der Waals surface area contributed by atoms with Crippen LogP contribution in [-0.2, 0) is 9.53 Å². The molecule has 2 aromatic heterocycles. The Balaban J connectivity index is 1.28. The Hall–Kier alpha value is -3.30. The Kier molecular flexibility index (Phi) is 7.48. The number of halogens is 3. The number of allylic oxidation sites excluding steroid dienone is 2. The summed E-state index contributed by atoms with van der Waals surface area (Å²) in [6.07, 6.45) is 6.81. The summed E-state index contributed by atoms with van der Waals surface area (Å²) in [5, 5.41) is 10.7. The number of H-pyrrole nitrogens is 1. The van der Waals surface area contributed by atoms with Crippen LogP contribution >= 0.6 is 0 Å². The van der Waals surface area contributed by atoms with Crippen molar-refractivity contribution in [1.29, 1.82) is 0 Å². The summed E-state index contributed by atoms with van der Waals surface area (Å²) in [7, 11) is 0. The van der Waals surface area contributed by atoms with Crippen molar-refractivity contribution in [2.75, 3.05) is 18.0 Å². The van der Waals surface area contributed by atoms with Gasteiger partial charge in [0.15, 0.2) is 0 Å². The van der Waals surface area contributed by atoms with Crippen LogP contribution in [0.15, 0.2) is 30.2 Å². The first-order chi connectivity index (χ1) is 18.6. The molecule has 0 radical (unpaired) electrons. The molecule has 5 rings (SSSR count). The highest BCUT2D eigenvalue weighted by atomic mass is 19.4. The minimum absolute atomic E-state index is 0.107. The number of aromatic amines is 1. The molecule has 7 nitrogen and oxygen atoms in total. The highest BCUT2D eigenvalue weighted by Gasteiger charge is 2.44. The molecule has 2 fully saturated rings. The van der Waals surface area contributed by atoms with Crippen LogP contribution in [0.4, 0.5) is 19.0 Å². The van der Waals surface area contributed by atoms with Crippen LogP contribution in [0.3, 0.4) is 0 Å². The van der Waals surface area contributed by atoms with Gasteiger partial charge in [0.1, 0.15) is 17.2 Å². The molecule has 3 unspecified atom stereocenters. The van der Waals surface area contributed by atoms with E-state index in [2.05, 4.69) is 32.9 Å². The molecule has 0 bridgehead atoms. The van der Waals surface area contributed by atoms with E-state index in [9.17, 15) is 23.1 Å². The number of rotatable bonds is 5. The lowest BCUT2D eigenvalue weighted by Gasteiger charge is -2.42. The molecular formula is C29H35F3N4O3. The van der Waals surface area contributed by atoms with E-state index >= 15 is 0 Å². The number of alkyl halides is 3. The number of unbranched alkanes of at least 4 members (excludes halogenated alkanes) is 1. The molecule has 2 N–H and O–H groups in total. The molecule has 210 valence electrons. The normalized spacial score (nSPS) is 25.8. The standard InChI is InChI=1S/C29H35F3N4O3/c1-3-4-5-24-18(2)21(27(37)38)10-11-28(39-24)12-14-36(15-13-28)25-9-6-19(17-33-25)26-34-22-8-7-20(29(30,31)32)16-23(22)35-26/h5-6,8-9,16-18,20-21H,3-4,7,10-15H2,1-2H3,(H,34,35)(H,37,38)/b24-5+. The Morgan fingerprint density at radius 3 is 2.69 bits per heavy atom. The Bertz CT molecular complexity index is 1340. The van der Waals surface area contributed by atoms with Crippen molar-refractivity contribution in [3.05, 3.63) is 40.9 Å². The fourth-order valence-corrected chi connectivity index (χ4v) is 5.88. The number of fused-ring (bicyclic) bond motifs is 1. The number of aliphatic carboxylic acids is 1. The van der Waals surface area contributed by atoms with E-state index in [1.165, 1.54) is 12.2 Å². The Morgan fingerprint density at radius 2 is 2.05 bits per heavy atom. The molecule has 1 aliphatic carbocycles. The number of hydrogen-bond acceptors (Lipinski definition) is 5. The summed E-state index contributed by atoms with van der Waals surface area (Å²) in [6.45, 7) is 5.52. The number of ether oxygens (including phenoxy) is 1. The predicted molar refractivity (Wildman–Crippen MR) is 142 cm³/mol. The van der Waals surface area contributed by atoms with Gasteiger partial charge < -0.3 is 19.7 Å². The van der Waals surface area contributed by atoms with Crippen molar-refractivity contribution >= 4 is 23.9 Å². The van der Waals surface area contributed by atoms with Crippen molar-refractivity contribution < 1.29 is 27.8 Å². The zero-order valence-electron chi connectivity index (χ0n) is 22.3. The average Bonchev–Trinajstić information content (AvgIpc) is 3.29. The second-order valence-electron chi connectivity index (χ2n) is 11.0. The fourth-order valence-electron chi connectivity index (χ4n) is 5.88. The SMILES string of the molecule is CCC/C=C1/OC2(CCC(C(=O)O)C1C)CCN(c1ccc(-c3nc4c([nH]3)=CC(C(F)(F)F)CC=4)cn1)CC2. The minimum atomic E-state index is -4.28. The summed E-state index contributed by atoms with van der Waals surface area (Å²) < 4.78 is 46.0. The first kappa shape index (κ1) is 27.3. The van der Waals surface area contributed by atoms with Crippen molar-refractivity contribution in [2.45, 2.75) is 70.6 Å². The maximum Gasteiger partial charge on any atom is 0.395 e. The molecule has 39 heavy (non-hydrogen) atoms. The highest BCUT2D eigenvalue weighted by molar-refractivity contribution is 5.71. The molecule has 4 heterocycles. The van der Waals surface area contributed by atoms with Gasteiger partial charge in [-0.3, -0.25) is 4.79 Å². The van der Waals surface area contributed by atoms with Gasteiger partial charge in [-0.05, 0) is 50.0 Å². The summed E-state index contributed by atoms with van der Waals surface area (Å²) in [5.74, 6) is -0.741. The number of anilines is 1. The number of carbonyl (C=O) groups is 1. The number of piperidine rings is 1. The maximum atomic E-state index is 13.1. The largest absolute Gasteiger partial charge is 0.492 e. The summed E-state index contributed by atoms with van der Waals surface area (Å²) in [4.78, 5) is 26.2. The third-order valence-corrected chi connectivity index (χ3v) is 8.38. The molecule has 3 atom stereocenters. The van der Waals surface area contributed by atoms with Gasteiger partial charge in [-0.2, -0.15) is 13.2 Å². The molecular weight excluding hydrogens is 509 g/mol. The van der Waals surface area contributed by atoms with Gasteiger partial charge in [-0.1, -0.05) is 26.3 Å². The number of nitrogens with one attached hydrogen (secondary N) is 1. The smallest absolute Gasteiger partial charge is 0.395 e. The molecule has 2 aromatic rings. The molecule has 2 saturated heterocycles. The minimum Gasteiger partial charge on any atom is -0.492 e. The number of carboxylic acids is 1. The number of aromatic nitrogens is 3. The molecule has 0 aromatic carbocycles. The van der Waals surface area contributed by atoms with E-state index < -0.39 is 24.0 Å². The van der Waals surface area contributed by atoms with Gasteiger partial charge in [0.05, 0.1) is 28.3 Å². The lowest BCUT2D eigenvalue weighted by molar-refractivity contribution is -0.155. The third-order valence-electron chi connectivity index (χ3n) is 8.38. The van der Waals surface area contributed by atoms with Gasteiger partial charge in [0.25, 0.3) is 0 Å². The molecule has 1 spiro atoms. The van der Waals surface area contributed by atoms with Gasteiger partial charge in [-0.25, -0.2) is 9.97 Å². The zero-order chi connectivity index (χ0) is 27.8. The van der Waals surface area contributed by atoms with E-state index in [1.807, 2.05) is 19.1 Å². The van der Waals surface area contributed by atoms with Crippen LogP contribution in [0.2, 0.25) is 0 Å². The summed E-state index contributed by atoms with van der Waals surface area (Å²) in [6, 6.07) is 3.79. The molecule has 0 amide bonds. The van der Waals surface area contributed by atoms with E-state index in [0.717, 1.165) is 50.3 Å². The van der Waals surface area contributed by atoms with Crippen molar-refractivity contribution in [3.8, 4) is 11.4 Å². The maximum absolute atomic E-state index is 13.1. The molecule has 2 aliphatic heterocycles.